The Morgan fingerprint density at radius 3 is 2.56 bits per heavy atom. The molecule has 0 saturated carbocycles. The van der Waals surface area contributed by atoms with Gasteiger partial charge in [0.1, 0.15) is 0 Å². The van der Waals surface area contributed by atoms with Gasteiger partial charge < -0.3 is 5.11 Å². The van der Waals surface area contributed by atoms with Crippen LogP contribution in [0.5, 0.6) is 0 Å². The smallest absolute Gasteiger partial charge is 0.0937 e. The van der Waals surface area contributed by atoms with Crippen molar-refractivity contribution >= 4 is 34.5 Å². The molecule has 1 aromatic carbocycles. The van der Waals surface area contributed by atoms with Crippen LogP contribution in [0, 0.1) is 13.8 Å². The predicted octanol–water partition coefficient (Wildman–Crippen LogP) is 4.95. The first-order chi connectivity index (χ1) is 8.49. The topological polar surface area (TPSA) is 20.2 Å². The van der Waals surface area contributed by atoms with Gasteiger partial charge in [0.25, 0.3) is 0 Å². The van der Waals surface area contributed by atoms with Crippen LogP contribution in [0.25, 0.3) is 0 Å². The summed E-state index contributed by atoms with van der Waals surface area (Å²) in [5.41, 5.74) is 3.06. The van der Waals surface area contributed by atoms with Crippen molar-refractivity contribution < 1.29 is 5.11 Å². The molecule has 1 atom stereocenters. The van der Waals surface area contributed by atoms with Crippen LogP contribution in [0.2, 0.25) is 10.0 Å². The van der Waals surface area contributed by atoms with Crippen LogP contribution < -0.4 is 0 Å². The monoisotopic (exact) mass is 300 g/mol. The van der Waals surface area contributed by atoms with Gasteiger partial charge in [0.05, 0.1) is 16.0 Å². The lowest BCUT2D eigenvalue weighted by molar-refractivity contribution is 0.182. The molecule has 0 saturated heterocycles. The number of aliphatic hydroxyl groups excluding tert-OH is 1. The second kappa shape index (κ2) is 5.62. The summed E-state index contributed by atoms with van der Waals surface area (Å²) in [6.07, 6.45) is -0.116. The van der Waals surface area contributed by atoms with Gasteiger partial charge >= 0.3 is 0 Å². The van der Waals surface area contributed by atoms with Gasteiger partial charge in [-0.15, -0.1) is 11.3 Å². The Bertz CT molecular complexity index is 563. The first-order valence-corrected chi connectivity index (χ1v) is 7.29. The Kier molecular flexibility index (Phi) is 4.33. The largest absolute Gasteiger partial charge is 0.387 e. The van der Waals surface area contributed by atoms with Gasteiger partial charge in [-0.1, -0.05) is 35.3 Å². The minimum Gasteiger partial charge on any atom is -0.387 e. The molecule has 0 aliphatic rings. The normalized spacial score (nSPS) is 12.7. The fourth-order valence-electron chi connectivity index (χ4n) is 1.79. The van der Waals surface area contributed by atoms with E-state index in [9.17, 15) is 5.11 Å². The molecule has 96 valence electrons. The maximum atomic E-state index is 10.2. The summed E-state index contributed by atoms with van der Waals surface area (Å²) in [6, 6.07) is 5.86. The van der Waals surface area contributed by atoms with E-state index < -0.39 is 6.10 Å². The molecule has 1 nitrogen and oxygen atoms in total. The molecule has 0 bridgehead atoms. The Hall–Kier alpha value is -0.540. The van der Waals surface area contributed by atoms with E-state index in [1.54, 1.807) is 0 Å². The summed E-state index contributed by atoms with van der Waals surface area (Å²) in [4.78, 5) is 0.811. The van der Waals surface area contributed by atoms with Crippen LogP contribution in [0.15, 0.2) is 23.6 Å². The average molecular weight is 301 g/mol. The summed E-state index contributed by atoms with van der Waals surface area (Å²) < 4.78 is 0. The van der Waals surface area contributed by atoms with E-state index in [0.717, 1.165) is 21.6 Å². The molecular weight excluding hydrogens is 287 g/mol. The average Bonchev–Trinajstić information content (AvgIpc) is 2.64. The van der Waals surface area contributed by atoms with Gasteiger partial charge in [0, 0.05) is 11.4 Å². The highest BCUT2D eigenvalue weighted by Crippen LogP contribution is 2.34. The Morgan fingerprint density at radius 2 is 2.00 bits per heavy atom. The van der Waals surface area contributed by atoms with Crippen molar-refractivity contribution in [3.05, 3.63) is 55.2 Å². The van der Waals surface area contributed by atoms with Crippen LogP contribution in [-0.4, -0.2) is 5.11 Å². The van der Waals surface area contributed by atoms with Crippen LogP contribution >= 0.6 is 34.5 Å². The van der Waals surface area contributed by atoms with Gasteiger partial charge in [-0.05, 0) is 42.0 Å². The molecule has 1 N–H and O–H groups in total. The standard InChI is InChI=1S/C14H14Cl2OS/c1-8-3-4-10(11(15)5-8)6-12(17)14-13(16)9(2)7-18-14/h3-5,7,12,17H,6H2,1-2H3. The number of benzene rings is 1. The van der Waals surface area contributed by atoms with Crippen LogP contribution in [0.3, 0.4) is 0 Å². The first kappa shape index (κ1) is 13.9. The van der Waals surface area contributed by atoms with E-state index in [4.69, 9.17) is 23.2 Å². The van der Waals surface area contributed by atoms with Gasteiger partial charge in [-0.25, -0.2) is 0 Å². The number of halogens is 2. The Morgan fingerprint density at radius 1 is 1.28 bits per heavy atom. The lowest BCUT2D eigenvalue weighted by Crippen LogP contribution is -2.01. The molecule has 0 aliphatic heterocycles. The van der Waals surface area contributed by atoms with Crippen molar-refractivity contribution in [3.8, 4) is 0 Å². The summed E-state index contributed by atoms with van der Waals surface area (Å²) in [6.45, 7) is 3.93. The van der Waals surface area contributed by atoms with E-state index in [1.165, 1.54) is 11.3 Å². The van der Waals surface area contributed by atoms with Crippen molar-refractivity contribution in [2.45, 2.75) is 26.4 Å². The minimum atomic E-state index is -0.601. The first-order valence-electron chi connectivity index (χ1n) is 5.65. The Labute approximate surface area is 121 Å². The van der Waals surface area contributed by atoms with Crippen molar-refractivity contribution in [2.75, 3.05) is 0 Å². The molecule has 0 spiro atoms. The molecule has 2 aromatic rings. The maximum Gasteiger partial charge on any atom is 0.0937 e. The molecule has 1 unspecified atom stereocenters. The molecule has 4 heteroatoms. The number of aliphatic hydroxyl groups is 1. The number of thiophene rings is 1. The second-order valence-electron chi connectivity index (χ2n) is 4.41. The number of aryl methyl sites for hydroxylation is 2. The molecular formula is C14H14Cl2OS. The lowest BCUT2D eigenvalue weighted by Gasteiger charge is -2.11. The second-order valence-corrected chi connectivity index (χ2v) is 6.11. The van der Waals surface area contributed by atoms with E-state index >= 15 is 0 Å². The summed E-state index contributed by atoms with van der Waals surface area (Å²) >= 11 is 13.8. The molecule has 0 aliphatic carbocycles. The zero-order valence-corrected chi connectivity index (χ0v) is 12.5. The van der Waals surface area contributed by atoms with Gasteiger partial charge in [-0.2, -0.15) is 0 Å². The molecule has 2 rings (SSSR count). The SMILES string of the molecule is Cc1ccc(CC(O)c2scc(C)c2Cl)c(Cl)c1. The third-order valence-electron chi connectivity index (χ3n) is 2.85. The zero-order chi connectivity index (χ0) is 13.3. The van der Waals surface area contributed by atoms with Crippen LogP contribution in [0.4, 0.5) is 0 Å². The number of hydrogen-bond acceptors (Lipinski definition) is 2. The predicted molar refractivity (Wildman–Crippen MR) is 78.9 cm³/mol. The highest BCUT2D eigenvalue weighted by Gasteiger charge is 2.17. The fraction of sp³-hybridized carbons (Fsp3) is 0.286. The molecule has 18 heavy (non-hydrogen) atoms. The summed E-state index contributed by atoms with van der Waals surface area (Å²) in [7, 11) is 0. The van der Waals surface area contributed by atoms with Crippen LogP contribution in [-0.2, 0) is 6.42 Å². The number of rotatable bonds is 3. The highest BCUT2D eigenvalue weighted by atomic mass is 35.5. The molecule has 1 aromatic heterocycles. The zero-order valence-electron chi connectivity index (χ0n) is 10.2. The van der Waals surface area contributed by atoms with Crippen molar-refractivity contribution in [3.63, 3.8) is 0 Å². The van der Waals surface area contributed by atoms with Gasteiger partial charge in [0.2, 0.25) is 0 Å². The summed E-state index contributed by atoms with van der Waals surface area (Å²) in [5.74, 6) is 0. The third kappa shape index (κ3) is 2.89. The van der Waals surface area contributed by atoms with Gasteiger partial charge in [0.15, 0.2) is 0 Å². The quantitative estimate of drug-likeness (QED) is 0.850. The number of hydrogen-bond donors (Lipinski definition) is 1. The molecule has 1 heterocycles. The van der Waals surface area contributed by atoms with E-state index in [0.29, 0.717) is 16.5 Å². The third-order valence-corrected chi connectivity index (χ3v) is 5.02. The Balaban J connectivity index is 2.21. The molecule has 0 fully saturated rings. The van der Waals surface area contributed by atoms with Gasteiger partial charge in [-0.3, -0.25) is 0 Å². The molecule has 0 amide bonds. The highest BCUT2D eigenvalue weighted by molar-refractivity contribution is 7.10. The van der Waals surface area contributed by atoms with Crippen molar-refractivity contribution in [2.24, 2.45) is 0 Å². The van der Waals surface area contributed by atoms with Crippen molar-refractivity contribution in [1.82, 2.24) is 0 Å². The molecule has 0 radical (unpaired) electrons. The maximum absolute atomic E-state index is 10.2. The fourth-order valence-corrected chi connectivity index (χ4v) is 3.41. The van der Waals surface area contributed by atoms with Crippen LogP contribution in [0.1, 0.15) is 27.7 Å². The van der Waals surface area contributed by atoms with E-state index in [-0.39, 0.29) is 0 Å². The van der Waals surface area contributed by atoms with Crippen molar-refractivity contribution in [1.29, 1.82) is 0 Å². The van der Waals surface area contributed by atoms with E-state index in [2.05, 4.69) is 0 Å². The minimum absolute atomic E-state index is 0.485. The lowest BCUT2D eigenvalue weighted by atomic mass is 10.0. The van der Waals surface area contributed by atoms with E-state index in [1.807, 2.05) is 37.4 Å². The summed E-state index contributed by atoms with van der Waals surface area (Å²) in [5, 5.41) is 13.5.